The molecule has 1 aromatic heterocycles. The number of hydrogen-bond acceptors (Lipinski definition) is 4. The van der Waals surface area contributed by atoms with Crippen LogP contribution in [0.3, 0.4) is 0 Å². The van der Waals surface area contributed by atoms with Crippen molar-refractivity contribution < 1.29 is 10.3 Å². The summed E-state index contributed by atoms with van der Waals surface area (Å²) in [6.07, 6.45) is 7.70. The average Bonchev–Trinajstić information content (AvgIpc) is 2.31. The molecule has 16 heavy (non-hydrogen) atoms. The summed E-state index contributed by atoms with van der Waals surface area (Å²) in [6, 6.07) is 4.70. The summed E-state index contributed by atoms with van der Waals surface area (Å²) < 4.78 is 0. The summed E-state index contributed by atoms with van der Waals surface area (Å²) in [5, 5.41) is 17.1. The highest BCUT2D eigenvalue weighted by Crippen LogP contribution is 2.21. The van der Waals surface area contributed by atoms with Crippen LogP contribution in [-0.4, -0.2) is 21.8 Å². The van der Waals surface area contributed by atoms with E-state index in [0.29, 0.717) is 6.04 Å². The summed E-state index contributed by atoms with van der Waals surface area (Å²) in [4.78, 5) is 12.5. The van der Waals surface area contributed by atoms with E-state index in [2.05, 4.69) is 16.4 Å². The van der Waals surface area contributed by atoms with Crippen LogP contribution in [0.5, 0.6) is 0 Å². The first-order valence-electron chi connectivity index (χ1n) is 5.16. The molecule has 0 saturated carbocycles. The maximum Gasteiger partial charge on any atom is 0.291 e. The van der Waals surface area contributed by atoms with Crippen molar-refractivity contribution in [2.75, 3.05) is 6.54 Å². The molecule has 0 amide bonds. The smallest absolute Gasteiger partial charge is 0.291 e. The number of hydrogen-bond donors (Lipinski definition) is 2. The number of nitrogens with zero attached hydrogens (tertiary/aromatic N) is 2. The van der Waals surface area contributed by atoms with Crippen LogP contribution in [0.2, 0.25) is 0 Å². The van der Waals surface area contributed by atoms with Crippen LogP contribution in [0.15, 0.2) is 24.5 Å². The Hall–Kier alpha value is -1.69. The Morgan fingerprint density at radius 3 is 2.81 bits per heavy atom. The van der Waals surface area contributed by atoms with E-state index in [9.17, 15) is 0 Å². The monoisotopic (exact) mass is 225 g/mol. The third kappa shape index (κ3) is 4.70. The van der Waals surface area contributed by atoms with Gasteiger partial charge in [0.05, 0.1) is 0 Å². The first kappa shape index (κ1) is 12.4. The highest BCUT2D eigenvalue weighted by molar-refractivity contribution is 5.14. The van der Waals surface area contributed by atoms with Gasteiger partial charge in [-0.25, -0.2) is 0 Å². The Morgan fingerprint density at radius 2 is 2.31 bits per heavy atom. The van der Waals surface area contributed by atoms with Crippen molar-refractivity contribution in [2.45, 2.75) is 25.3 Å². The zero-order valence-electron chi connectivity index (χ0n) is 8.87. The van der Waals surface area contributed by atoms with Gasteiger partial charge in [-0.15, -0.1) is 10.1 Å². The van der Waals surface area contributed by atoms with Crippen molar-refractivity contribution in [1.82, 2.24) is 10.3 Å². The fourth-order valence-corrected chi connectivity index (χ4v) is 1.72. The van der Waals surface area contributed by atoms with Gasteiger partial charge in [-0.3, -0.25) is 4.98 Å². The van der Waals surface area contributed by atoms with Crippen molar-refractivity contribution in [1.29, 1.82) is 0 Å². The summed E-state index contributed by atoms with van der Waals surface area (Å²) in [7, 11) is 0. The second-order valence-electron chi connectivity index (χ2n) is 3.53. The Labute approximate surface area is 93.4 Å². The van der Waals surface area contributed by atoms with Gasteiger partial charge in [-0.2, -0.15) is 0 Å². The van der Waals surface area contributed by atoms with E-state index in [0.717, 1.165) is 6.54 Å². The minimum atomic E-state index is -1.50. The van der Waals surface area contributed by atoms with E-state index in [4.69, 9.17) is 15.3 Å². The molecule has 1 fully saturated rings. The molecule has 0 aromatic carbocycles. The molecule has 2 N–H and O–H groups in total. The third-order valence-electron chi connectivity index (χ3n) is 2.40. The van der Waals surface area contributed by atoms with E-state index in [1.54, 1.807) is 0 Å². The van der Waals surface area contributed by atoms with Gasteiger partial charge < -0.3 is 10.5 Å². The lowest BCUT2D eigenvalue weighted by atomic mass is 9.99. The molecule has 1 aromatic rings. The van der Waals surface area contributed by atoms with Gasteiger partial charge in [0.15, 0.2) is 0 Å². The molecule has 0 aliphatic carbocycles. The first-order valence-corrected chi connectivity index (χ1v) is 5.16. The minimum absolute atomic E-state index is 0.549. The van der Waals surface area contributed by atoms with Gasteiger partial charge in [0.1, 0.15) is 0 Å². The molecule has 1 atom stereocenters. The molecule has 2 heterocycles. The quantitative estimate of drug-likeness (QED) is 0.559. The standard InChI is InChI=1S/C10H14N2.HNO3/c1-2-7-12-10(5-1)9-4-3-6-11-8-9;2-1(3)4/h3-4,6,8,10,12H,1-2,5,7H2;(H,2,3,4)/t10-;/m0./s1. The Morgan fingerprint density at radius 1 is 1.56 bits per heavy atom. The van der Waals surface area contributed by atoms with Crippen molar-refractivity contribution in [3.63, 3.8) is 0 Å². The van der Waals surface area contributed by atoms with Crippen molar-refractivity contribution in [2.24, 2.45) is 0 Å². The van der Waals surface area contributed by atoms with Crippen LogP contribution in [0.4, 0.5) is 0 Å². The van der Waals surface area contributed by atoms with Crippen LogP contribution >= 0.6 is 0 Å². The zero-order chi connectivity index (χ0) is 11.8. The second kappa shape index (κ2) is 6.73. The normalized spacial score (nSPS) is 19.4. The molecule has 1 saturated heterocycles. The van der Waals surface area contributed by atoms with Crippen molar-refractivity contribution in [3.05, 3.63) is 40.2 Å². The van der Waals surface area contributed by atoms with Crippen LogP contribution in [-0.2, 0) is 0 Å². The number of piperidine rings is 1. The fourth-order valence-electron chi connectivity index (χ4n) is 1.72. The molecule has 0 spiro atoms. The molecule has 0 bridgehead atoms. The maximum absolute atomic E-state index is 8.36. The van der Waals surface area contributed by atoms with E-state index < -0.39 is 5.09 Å². The summed E-state index contributed by atoms with van der Waals surface area (Å²) in [5.74, 6) is 0. The topological polar surface area (TPSA) is 88.3 Å². The molecular formula is C10H15N3O3. The lowest BCUT2D eigenvalue weighted by Crippen LogP contribution is -2.26. The molecule has 1 aliphatic heterocycles. The fraction of sp³-hybridized carbons (Fsp3) is 0.500. The summed E-state index contributed by atoms with van der Waals surface area (Å²) >= 11 is 0. The molecule has 6 nitrogen and oxygen atoms in total. The highest BCUT2D eigenvalue weighted by Gasteiger charge is 2.13. The van der Waals surface area contributed by atoms with Gasteiger partial charge in [-0.1, -0.05) is 12.5 Å². The molecule has 0 unspecified atom stereocenters. The lowest BCUT2D eigenvalue weighted by Gasteiger charge is -2.23. The second-order valence-corrected chi connectivity index (χ2v) is 3.53. The van der Waals surface area contributed by atoms with Gasteiger partial charge in [0.2, 0.25) is 0 Å². The van der Waals surface area contributed by atoms with Crippen LogP contribution < -0.4 is 5.32 Å². The Kier molecular flexibility index (Phi) is 5.21. The van der Waals surface area contributed by atoms with E-state index in [1.807, 2.05) is 18.5 Å². The molecule has 2 rings (SSSR count). The van der Waals surface area contributed by atoms with Crippen molar-refractivity contribution >= 4 is 0 Å². The van der Waals surface area contributed by atoms with Crippen LogP contribution in [0.1, 0.15) is 30.9 Å². The minimum Gasteiger partial charge on any atom is -0.328 e. The Balaban J connectivity index is 0.000000280. The molecule has 0 radical (unpaired) electrons. The third-order valence-corrected chi connectivity index (χ3v) is 2.40. The summed E-state index contributed by atoms with van der Waals surface area (Å²) in [6.45, 7) is 1.15. The van der Waals surface area contributed by atoms with E-state index in [1.165, 1.54) is 24.8 Å². The Bertz CT molecular complexity index is 308. The van der Waals surface area contributed by atoms with Crippen LogP contribution in [0.25, 0.3) is 0 Å². The average molecular weight is 225 g/mol. The van der Waals surface area contributed by atoms with Gasteiger partial charge in [-0.05, 0) is 31.0 Å². The maximum atomic E-state index is 8.36. The summed E-state index contributed by atoms with van der Waals surface area (Å²) in [5.41, 5.74) is 1.33. The number of pyridine rings is 1. The van der Waals surface area contributed by atoms with E-state index >= 15 is 0 Å². The largest absolute Gasteiger partial charge is 0.328 e. The predicted molar refractivity (Wildman–Crippen MR) is 57.6 cm³/mol. The first-order chi connectivity index (χ1) is 7.70. The molecular weight excluding hydrogens is 210 g/mol. The number of nitrogens with one attached hydrogen (secondary N) is 1. The van der Waals surface area contributed by atoms with E-state index in [-0.39, 0.29) is 0 Å². The van der Waals surface area contributed by atoms with Crippen molar-refractivity contribution in [3.8, 4) is 0 Å². The van der Waals surface area contributed by atoms with Gasteiger partial charge >= 0.3 is 0 Å². The molecule has 88 valence electrons. The number of rotatable bonds is 1. The predicted octanol–water partition coefficient (Wildman–Crippen LogP) is 1.55. The number of aromatic nitrogens is 1. The highest BCUT2D eigenvalue weighted by atomic mass is 16.9. The zero-order valence-corrected chi connectivity index (χ0v) is 8.87. The van der Waals surface area contributed by atoms with Crippen LogP contribution in [0, 0.1) is 10.1 Å². The molecule has 1 aliphatic rings. The van der Waals surface area contributed by atoms with Gasteiger partial charge in [0.25, 0.3) is 5.09 Å². The molecule has 6 heteroatoms. The lowest BCUT2D eigenvalue weighted by molar-refractivity contribution is -0.742. The SMILES string of the molecule is O=[N+]([O-])O.c1cncc([C@@H]2CCCCN2)c1. The van der Waals surface area contributed by atoms with Gasteiger partial charge in [0, 0.05) is 18.4 Å².